The van der Waals surface area contributed by atoms with Crippen LogP contribution in [0, 0.1) is 0 Å². The van der Waals surface area contributed by atoms with Gasteiger partial charge in [0.05, 0.1) is 25.0 Å². The molecule has 3 aromatic rings. The maximum absolute atomic E-state index is 12.8. The van der Waals surface area contributed by atoms with Crippen molar-refractivity contribution in [1.29, 1.82) is 0 Å². The molecule has 1 aliphatic heterocycles. The molecule has 1 fully saturated rings. The number of hydrogen-bond donors (Lipinski definition) is 1. The fourth-order valence-electron chi connectivity index (χ4n) is 3.92. The summed E-state index contributed by atoms with van der Waals surface area (Å²) >= 11 is 6.05. The summed E-state index contributed by atoms with van der Waals surface area (Å²) in [5.41, 5.74) is 3.23. The van der Waals surface area contributed by atoms with Crippen molar-refractivity contribution in [3.05, 3.63) is 59.6 Å². The fourth-order valence-corrected chi connectivity index (χ4v) is 4.05. The van der Waals surface area contributed by atoms with Gasteiger partial charge in [-0.1, -0.05) is 30.2 Å². The van der Waals surface area contributed by atoms with Crippen molar-refractivity contribution in [3.63, 3.8) is 0 Å². The number of rotatable bonds is 6. The molecular formula is C25H27ClN4O2. The van der Waals surface area contributed by atoms with Crippen LogP contribution in [0.1, 0.15) is 26.2 Å². The van der Waals surface area contributed by atoms with Crippen LogP contribution in [0.2, 0.25) is 5.02 Å². The van der Waals surface area contributed by atoms with Gasteiger partial charge in [0.2, 0.25) is 11.9 Å². The second-order valence-electron chi connectivity index (χ2n) is 8.06. The van der Waals surface area contributed by atoms with E-state index >= 15 is 0 Å². The number of ether oxygens (including phenoxy) is 1. The van der Waals surface area contributed by atoms with Crippen molar-refractivity contribution in [2.75, 3.05) is 25.5 Å². The number of anilines is 1. The molecule has 1 atom stereocenters. The normalized spacial score (nSPS) is 16.5. The molecule has 6 nitrogen and oxygen atoms in total. The van der Waals surface area contributed by atoms with Gasteiger partial charge in [0.15, 0.2) is 0 Å². The van der Waals surface area contributed by atoms with E-state index in [2.05, 4.69) is 27.1 Å². The number of benzene rings is 2. The van der Waals surface area contributed by atoms with E-state index in [1.165, 1.54) is 6.42 Å². The van der Waals surface area contributed by atoms with Crippen LogP contribution in [0.5, 0.6) is 5.75 Å². The summed E-state index contributed by atoms with van der Waals surface area (Å²) < 4.78 is 5.26. The molecule has 166 valence electrons. The van der Waals surface area contributed by atoms with Gasteiger partial charge >= 0.3 is 0 Å². The number of nitrogens with zero attached hydrogens (tertiary/aromatic N) is 3. The third kappa shape index (κ3) is 5.44. The van der Waals surface area contributed by atoms with Gasteiger partial charge in [0, 0.05) is 22.2 Å². The molecule has 1 saturated heterocycles. The molecule has 7 heteroatoms. The molecule has 0 aliphatic carbocycles. The molecule has 2 heterocycles. The zero-order valence-electron chi connectivity index (χ0n) is 18.3. The minimum atomic E-state index is -0.104. The highest BCUT2D eigenvalue weighted by atomic mass is 35.5. The van der Waals surface area contributed by atoms with E-state index in [9.17, 15) is 4.79 Å². The van der Waals surface area contributed by atoms with Crippen molar-refractivity contribution in [2.24, 2.45) is 0 Å². The van der Waals surface area contributed by atoms with Crippen LogP contribution in [-0.4, -0.2) is 47.0 Å². The third-order valence-electron chi connectivity index (χ3n) is 5.79. The van der Waals surface area contributed by atoms with E-state index in [0.717, 1.165) is 36.3 Å². The van der Waals surface area contributed by atoms with Gasteiger partial charge in [0.25, 0.3) is 0 Å². The Labute approximate surface area is 193 Å². The summed E-state index contributed by atoms with van der Waals surface area (Å²) in [7, 11) is 1.63. The molecular weight excluding hydrogens is 424 g/mol. The summed E-state index contributed by atoms with van der Waals surface area (Å²) in [5, 5.41) is 3.57. The number of amides is 1. The predicted octanol–water partition coefficient (Wildman–Crippen LogP) is 5.29. The third-order valence-corrected chi connectivity index (χ3v) is 6.04. The molecule has 0 saturated carbocycles. The number of aromatic nitrogens is 2. The molecule has 4 rings (SSSR count). The first kappa shape index (κ1) is 22.2. The highest BCUT2D eigenvalue weighted by molar-refractivity contribution is 6.30. The Kier molecular flexibility index (Phi) is 7.02. The average molecular weight is 451 g/mol. The Balaban J connectivity index is 1.63. The van der Waals surface area contributed by atoms with Crippen molar-refractivity contribution in [2.45, 2.75) is 32.2 Å². The van der Waals surface area contributed by atoms with Gasteiger partial charge in [0.1, 0.15) is 5.75 Å². The summed E-state index contributed by atoms with van der Waals surface area (Å²) in [6.07, 6.45) is 3.47. The van der Waals surface area contributed by atoms with Crippen molar-refractivity contribution in [3.8, 4) is 28.3 Å². The second-order valence-corrected chi connectivity index (χ2v) is 8.50. The Morgan fingerprint density at radius 1 is 1.06 bits per heavy atom. The summed E-state index contributed by atoms with van der Waals surface area (Å²) in [6, 6.07) is 17.4. The van der Waals surface area contributed by atoms with E-state index < -0.39 is 0 Å². The standard InChI is InChI=1S/C25H27ClN4O2/c1-17-5-3-4-14-30(17)16-24(31)29-25-27-22(18-6-10-20(26)11-7-18)15-23(28-25)19-8-12-21(32-2)13-9-19/h6-13,15,17H,3-5,14,16H2,1-2H3,(H,27,28,29,31). The smallest absolute Gasteiger partial charge is 0.240 e. The minimum Gasteiger partial charge on any atom is -0.497 e. The maximum atomic E-state index is 12.8. The zero-order valence-corrected chi connectivity index (χ0v) is 19.1. The monoisotopic (exact) mass is 450 g/mol. The van der Waals surface area contributed by atoms with Gasteiger partial charge in [-0.25, -0.2) is 9.97 Å². The number of nitrogens with one attached hydrogen (secondary N) is 1. The van der Waals surface area contributed by atoms with E-state index in [1.807, 2.05) is 54.6 Å². The summed E-state index contributed by atoms with van der Waals surface area (Å²) in [4.78, 5) is 24.2. The Hall–Kier alpha value is -2.96. The molecule has 32 heavy (non-hydrogen) atoms. The minimum absolute atomic E-state index is 0.104. The summed E-state index contributed by atoms with van der Waals surface area (Å²) in [6.45, 7) is 3.46. The number of piperidine rings is 1. The van der Waals surface area contributed by atoms with Crippen LogP contribution in [-0.2, 0) is 4.79 Å². The number of carbonyl (C=O) groups is 1. The van der Waals surface area contributed by atoms with Crippen LogP contribution in [0.3, 0.4) is 0 Å². The zero-order chi connectivity index (χ0) is 22.5. The Morgan fingerprint density at radius 2 is 1.69 bits per heavy atom. The van der Waals surface area contributed by atoms with Gasteiger partial charge in [-0.3, -0.25) is 15.0 Å². The first-order chi connectivity index (χ1) is 15.5. The van der Waals surface area contributed by atoms with Gasteiger partial charge in [-0.05, 0) is 68.8 Å². The van der Waals surface area contributed by atoms with E-state index in [0.29, 0.717) is 29.0 Å². The van der Waals surface area contributed by atoms with E-state index in [4.69, 9.17) is 16.3 Å². The van der Waals surface area contributed by atoms with Gasteiger partial charge < -0.3 is 4.74 Å². The van der Waals surface area contributed by atoms with Crippen LogP contribution < -0.4 is 10.1 Å². The molecule has 1 aliphatic rings. The largest absolute Gasteiger partial charge is 0.497 e. The van der Waals surface area contributed by atoms with Crippen LogP contribution in [0.4, 0.5) is 5.95 Å². The van der Waals surface area contributed by atoms with Crippen LogP contribution in [0.25, 0.3) is 22.5 Å². The van der Waals surface area contributed by atoms with E-state index in [-0.39, 0.29) is 11.9 Å². The van der Waals surface area contributed by atoms with Crippen LogP contribution >= 0.6 is 11.6 Å². The highest BCUT2D eigenvalue weighted by Gasteiger charge is 2.21. The number of likely N-dealkylation sites (tertiary alicyclic amines) is 1. The SMILES string of the molecule is COc1ccc(-c2cc(-c3ccc(Cl)cc3)nc(NC(=O)CN3CCCCC3C)n2)cc1. The quantitative estimate of drug-likeness (QED) is 0.553. The number of hydrogen-bond acceptors (Lipinski definition) is 5. The number of halogens is 1. The van der Waals surface area contributed by atoms with Gasteiger partial charge in [-0.15, -0.1) is 0 Å². The molecule has 1 unspecified atom stereocenters. The van der Waals surface area contributed by atoms with Crippen molar-refractivity contribution in [1.82, 2.24) is 14.9 Å². The second kappa shape index (κ2) is 10.1. The lowest BCUT2D eigenvalue weighted by Crippen LogP contribution is -2.42. The molecule has 0 spiro atoms. The Bertz CT molecular complexity index is 1070. The molecule has 1 amide bonds. The first-order valence-electron chi connectivity index (χ1n) is 10.8. The highest BCUT2D eigenvalue weighted by Crippen LogP contribution is 2.27. The van der Waals surface area contributed by atoms with Crippen LogP contribution in [0.15, 0.2) is 54.6 Å². The average Bonchev–Trinajstić information content (AvgIpc) is 2.81. The lowest BCUT2D eigenvalue weighted by atomic mass is 10.0. The molecule has 0 bridgehead atoms. The lowest BCUT2D eigenvalue weighted by Gasteiger charge is -2.32. The molecule has 1 aromatic heterocycles. The summed E-state index contributed by atoms with van der Waals surface area (Å²) in [5.74, 6) is 0.954. The predicted molar refractivity (Wildman–Crippen MR) is 128 cm³/mol. The van der Waals surface area contributed by atoms with Crippen molar-refractivity contribution >= 4 is 23.5 Å². The maximum Gasteiger partial charge on any atom is 0.240 e. The molecule has 0 radical (unpaired) electrons. The lowest BCUT2D eigenvalue weighted by molar-refractivity contribution is -0.118. The molecule has 1 N–H and O–H groups in total. The van der Waals surface area contributed by atoms with Gasteiger partial charge in [-0.2, -0.15) is 0 Å². The van der Waals surface area contributed by atoms with Crippen molar-refractivity contribution < 1.29 is 9.53 Å². The first-order valence-corrected chi connectivity index (χ1v) is 11.2. The topological polar surface area (TPSA) is 67.3 Å². The molecule has 2 aromatic carbocycles. The fraction of sp³-hybridized carbons (Fsp3) is 0.320. The van der Waals surface area contributed by atoms with E-state index in [1.54, 1.807) is 7.11 Å². The number of carbonyl (C=O) groups excluding carboxylic acids is 1. The Morgan fingerprint density at radius 3 is 2.28 bits per heavy atom. The number of methoxy groups -OCH3 is 1.